The maximum Gasteiger partial charge on any atom is 0.198 e. The van der Waals surface area contributed by atoms with Crippen molar-refractivity contribution < 1.29 is 9.14 Å². The van der Waals surface area contributed by atoms with Gasteiger partial charge in [0.1, 0.15) is 22.8 Å². The van der Waals surface area contributed by atoms with E-state index in [1.165, 1.54) is 32.8 Å². The number of hydrogen-bond donors (Lipinski definition) is 0. The third-order valence-corrected chi connectivity index (χ3v) is 13.3. The number of benzene rings is 8. The molecule has 0 radical (unpaired) electrons. The van der Waals surface area contributed by atoms with Gasteiger partial charge in [-0.05, 0) is 92.9 Å². The van der Waals surface area contributed by atoms with E-state index in [9.17, 15) is 0 Å². The molecule has 0 N–H and O–H groups in total. The molecule has 5 heterocycles. The van der Waals surface area contributed by atoms with Crippen molar-refractivity contribution in [2.24, 2.45) is 0 Å². The summed E-state index contributed by atoms with van der Waals surface area (Å²) in [6, 6.07) is 71.4. The molecule has 13 aromatic rings. The van der Waals surface area contributed by atoms with Crippen LogP contribution in [0.4, 0.5) is 0 Å². The van der Waals surface area contributed by atoms with E-state index >= 15 is 0 Å². The number of aromatic nitrogens is 5. The van der Waals surface area contributed by atoms with Crippen LogP contribution in [0.15, 0.2) is 206 Å². The van der Waals surface area contributed by atoms with Crippen LogP contribution in [-0.2, 0) is 5.41 Å². The quantitative estimate of drug-likeness (QED) is 0.128. The van der Waals surface area contributed by atoms with E-state index in [4.69, 9.17) is 9.72 Å². The zero-order chi connectivity index (χ0) is 44.1. The van der Waals surface area contributed by atoms with Crippen LogP contribution < -0.4 is 9.14 Å². The third kappa shape index (κ3) is 5.81. The highest BCUT2D eigenvalue weighted by Crippen LogP contribution is 2.40. The molecular weight excluding hydrogens is 807 g/mol. The summed E-state index contributed by atoms with van der Waals surface area (Å²) in [5, 5.41) is 8.11. The number of para-hydroxylation sites is 4. The number of hydrogen-bond acceptors (Lipinski definition) is 2. The highest BCUT2D eigenvalue weighted by Gasteiger charge is 2.22. The van der Waals surface area contributed by atoms with Gasteiger partial charge in [-0.3, -0.25) is 13.4 Å². The summed E-state index contributed by atoms with van der Waals surface area (Å²) < 4.78 is 16.0. The second-order valence-electron chi connectivity index (χ2n) is 18.2. The van der Waals surface area contributed by atoms with E-state index in [1.54, 1.807) is 0 Å². The van der Waals surface area contributed by atoms with Crippen LogP contribution in [0.25, 0.3) is 99.1 Å². The molecule has 0 saturated carbocycles. The first-order valence-corrected chi connectivity index (χ1v) is 22.5. The van der Waals surface area contributed by atoms with Crippen molar-refractivity contribution in [3.05, 3.63) is 218 Å². The summed E-state index contributed by atoms with van der Waals surface area (Å²) in [6.45, 7) is 6.72. The van der Waals surface area contributed by atoms with Gasteiger partial charge < -0.3 is 9.30 Å². The van der Waals surface area contributed by atoms with Crippen molar-refractivity contribution >= 4 is 76.5 Å². The molecule has 6 heteroatoms. The Morgan fingerprint density at radius 2 is 1.15 bits per heavy atom. The van der Waals surface area contributed by atoms with E-state index in [1.807, 2.05) is 12.3 Å². The summed E-state index contributed by atoms with van der Waals surface area (Å²) in [7, 11) is 0. The average molecular weight is 850 g/mol. The Hall–Kier alpha value is -8.48. The third-order valence-electron chi connectivity index (χ3n) is 13.3. The molecule has 0 amide bonds. The Kier molecular flexibility index (Phi) is 8.37. The minimum atomic E-state index is -0.0205. The van der Waals surface area contributed by atoms with Gasteiger partial charge in [-0.15, -0.1) is 0 Å². The van der Waals surface area contributed by atoms with Crippen molar-refractivity contribution in [2.45, 2.75) is 26.2 Å². The van der Waals surface area contributed by atoms with Crippen molar-refractivity contribution in [1.29, 1.82) is 0 Å². The number of nitrogens with zero attached hydrogens (tertiary/aromatic N) is 5. The molecule has 66 heavy (non-hydrogen) atoms. The van der Waals surface area contributed by atoms with Gasteiger partial charge in [-0.25, -0.2) is 4.98 Å². The van der Waals surface area contributed by atoms with Crippen molar-refractivity contribution in [2.75, 3.05) is 0 Å². The summed E-state index contributed by atoms with van der Waals surface area (Å²) in [5.41, 5.74) is 12.0. The van der Waals surface area contributed by atoms with Crippen LogP contribution in [-0.4, -0.2) is 18.5 Å². The lowest BCUT2D eigenvalue weighted by atomic mass is 9.88. The van der Waals surface area contributed by atoms with E-state index in [0.717, 1.165) is 83.3 Å². The average Bonchev–Trinajstić information content (AvgIpc) is 4.02. The van der Waals surface area contributed by atoms with Gasteiger partial charge in [-0.1, -0.05) is 160 Å². The molecule has 6 nitrogen and oxygen atoms in total. The molecule has 0 saturated heterocycles. The Labute approximate surface area is 381 Å². The van der Waals surface area contributed by atoms with Crippen LogP contribution in [0.3, 0.4) is 0 Å². The summed E-state index contributed by atoms with van der Waals surface area (Å²) in [6.07, 6.45) is 5.83. The first kappa shape index (κ1) is 38.0. The minimum Gasteiger partial charge on any atom is -0.458 e. The summed E-state index contributed by atoms with van der Waals surface area (Å²) in [5.74, 6) is 2.35. The van der Waals surface area contributed by atoms with Crippen molar-refractivity contribution in [3.63, 3.8) is 0 Å². The van der Waals surface area contributed by atoms with Gasteiger partial charge in [0.25, 0.3) is 0 Å². The van der Waals surface area contributed by atoms with E-state index < -0.39 is 0 Å². The number of imidazole rings is 1. The molecule has 0 aliphatic rings. The predicted octanol–water partition coefficient (Wildman–Crippen LogP) is 14.7. The maximum atomic E-state index is 6.84. The Morgan fingerprint density at radius 3 is 1.95 bits per heavy atom. The Morgan fingerprint density at radius 1 is 0.515 bits per heavy atom. The molecule has 0 aliphatic carbocycles. The molecule has 5 aromatic heterocycles. The largest absolute Gasteiger partial charge is 0.458 e. The predicted molar refractivity (Wildman–Crippen MR) is 270 cm³/mol. The van der Waals surface area contributed by atoms with Gasteiger partial charge in [0.2, 0.25) is 0 Å². The van der Waals surface area contributed by atoms with Gasteiger partial charge in [0.05, 0.1) is 22.1 Å². The fourth-order valence-electron chi connectivity index (χ4n) is 10.2. The molecule has 0 atom stereocenters. The molecule has 0 fully saturated rings. The first-order valence-electron chi connectivity index (χ1n) is 22.5. The first-order chi connectivity index (χ1) is 32.4. The van der Waals surface area contributed by atoms with Crippen molar-refractivity contribution in [3.8, 4) is 34.1 Å². The van der Waals surface area contributed by atoms with Crippen LogP contribution in [0.5, 0.6) is 11.5 Å². The van der Waals surface area contributed by atoms with E-state index in [-0.39, 0.29) is 5.41 Å². The smallest absolute Gasteiger partial charge is 0.198 e. The van der Waals surface area contributed by atoms with Gasteiger partial charge in [-0.2, -0.15) is 0 Å². The molecule has 13 rings (SSSR count). The van der Waals surface area contributed by atoms with E-state index in [0.29, 0.717) is 0 Å². The fraction of sp³-hybridized carbons (Fsp3) is 0.0667. The lowest BCUT2D eigenvalue weighted by molar-refractivity contribution is -0.488. The fourth-order valence-corrected chi connectivity index (χ4v) is 10.2. The zero-order valence-corrected chi connectivity index (χ0v) is 36.8. The maximum absolute atomic E-state index is 6.84. The van der Waals surface area contributed by atoms with Crippen LogP contribution in [0, 0.1) is 6.33 Å². The minimum absolute atomic E-state index is 0.0205. The summed E-state index contributed by atoms with van der Waals surface area (Å²) >= 11 is 0. The zero-order valence-electron chi connectivity index (χ0n) is 36.8. The van der Waals surface area contributed by atoms with Crippen LogP contribution in [0.2, 0.25) is 0 Å². The second kappa shape index (κ2) is 14.5. The monoisotopic (exact) mass is 849 g/mol. The molecule has 314 valence electrons. The molecule has 0 unspecified atom stereocenters. The number of ether oxygens (including phenoxy) is 1. The Bertz CT molecular complexity index is 4130. The number of pyridine rings is 1. The van der Waals surface area contributed by atoms with Crippen molar-refractivity contribution in [1.82, 2.24) is 18.5 Å². The lowest BCUT2D eigenvalue weighted by Gasteiger charge is -2.20. The highest BCUT2D eigenvalue weighted by molar-refractivity contribution is 6.19. The SMILES string of the molecule is CC(C)(C)c1ccnc(-n2c3ccccc3c3ccc(Oc4cccc(-n5[c-][n+]6c7ccccc7c7c(-c8ccccc8)cccc7c7ccccc7n7c8ccccc8c5c76)c4)cc32)c1. The van der Waals surface area contributed by atoms with Gasteiger partial charge in [0.15, 0.2) is 12.0 Å². The number of fused-ring (bicyclic) bond motifs is 13. The molecule has 0 spiro atoms. The normalized spacial score (nSPS) is 12.2. The van der Waals surface area contributed by atoms with E-state index in [2.05, 4.69) is 239 Å². The Balaban J connectivity index is 1.05. The molecular formula is C60H43N5O. The van der Waals surface area contributed by atoms with Crippen LogP contribution >= 0.6 is 0 Å². The summed E-state index contributed by atoms with van der Waals surface area (Å²) in [4.78, 5) is 4.90. The van der Waals surface area contributed by atoms with Gasteiger partial charge in [0, 0.05) is 45.0 Å². The van der Waals surface area contributed by atoms with Crippen LogP contribution in [0.1, 0.15) is 26.3 Å². The molecule has 0 aliphatic heterocycles. The van der Waals surface area contributed by atoms with Gasteiger partial charge >= 0.3 is 0 Å². The standard InChI is InChI=1S/C60H43N5O/c1-60(2,3)40-33-34-61-56(35-40)64-52-28-12-7-21-45(52)47-32-31-43(37-55(47)64)66-42-20-15-19-41(36-42)62-38-63-51-27-11-9-23-49(51)57-44(39-17-5-4-6-18-39)25-16-26-48(57)46-22-8-13-29-53(46)65-54-30-14-10-24-50(54)58(62)59(63)65/h4-37H,1-3H3. The molecule has 0 bridgehead atoms. The second-order valence-corrected chi connectivity index (χ2v) is 18.2. The lowest BCUT2D eigenvalue weighted by Crippen LogP contribution is -2.21. The highest BCUT2D eigenvalue weighted by atomic mass is 16.5. The number of rotatable bonds is 5. The molecule has 8 aromatic carbocycles. The topological polar surface area (TPSA) is 40.5 Å².